The molecule has 4 nitrogen and oxygen atoms in total. The minimum absolute atomic E-state index is 0.0904. The van der Waals surface area contributed by atoms with Gasteiger partial charge in [0.1, 0.15) is 5.75 Å². The van der Waals surface area contributed by atoms with Gasteiger partial charge in [0.2, 0.25) is 0 Å². The Balaban J connectivity index is 2.05. The molecule has 19 heavy (non-hydrogen) atoms. The van der Waals surface area contributed by atoms with E-state index in [9.17, 15) is 10.1 Å². The number of halogens is 1. The SMILES string of the molecule is COc1csc(C(Cl)Cc2ccc([N+](=O)[O-])cc2)c1. The Morgan fingerprint density at radius 3 is 2.63 bits per heavy atom. The molecule has 0 spiro atoms. The number of non-ortho nitro benzene ring substituents is 1. The highest BCUT2D eigenvalue weighted by Gasteiger charge is 2.13. The van der Waals surface area contributed by atoms with Crippen LogP contribution in [-0.2, 0) is 6.42 Å². The zero-order valence-corrected chi connectivity index (χ0v) is 11.8. The second-order valence-corrected chi connectivity index (χ2v) is 5.45. The Hall–Kier alpha value is -1.59. The molecular formula is C13H12ClNO3S. The number of nitro benzene ring substituents is 1. The fourth-order valence-corrected chi connectivity index (χ4v) is 2.89. The van der Waals surface area contributed by atoms with Crippen molar-refractivity contribution in [3.05, 3.63) is 56.3 Å². The molecular weight excluding hydrogens is 286 g/mol. The van der Waals surface area contributed by atoms with Gasteiger partial charge in [0.25, 0.3) is 5.69 Å². The molecule has 100 valence electrons. The summed E-state index contributed by atoms with van der Waals surface area (Å²) in [6, 6.07) is 8.37. The van der Waals surface area contributed by atoms with Gasteiger partial charge >= 0.3 is 0 Å². The van der Waals surface area contributed by atoms with Crippen LogP contribution in [0.4, 0.5) is 5.69 Å². The maximum Gasteiger partial charge on any atom is 0.269 e. The first-order chi connectivity index (χ1) is 9.10. The number of methoxy groups -OCH3 is 1. The van der Waals surface area contributed by atoms with E-state index in [1.165, 1.54) is 12.1 Å². The highest BCUT2D eigenvalue weighted by molar-refractivity contribution is 7.10. The number of nitrogens with zero attached hydrogens (tertiary/aromatic N) is 1. The van der Waals surface area contributed by atoms with Crippen LogP contribution in [-0.4, -0.2) is 12.0 Å². The van der Waals surface area contributed by atoms with Crippen LogP contribution in [0.25, 0.3) is 0 Å². The predicted octanol–water partition coefficient (Wildman–Crippen LogP) is 4.19. The van der Waals surface area contributed by atoms with Gasteiger partial charge in [0.05, 0.1) is 17.4 Å². The lowest BCUT2D eigenvalue weighted by atomic mass is 10.1. The van der Waals surface area contributed by atoms with E-state index in [0.29, 0.717) is 6.42 Å². The van der Waals surface area contributed by atoms with Gasteiger partial charge in [0, 0.05) is 22.4 Å². The number of rotatable bonds is 5. The summed E-state index contributed by atoms with van der Waals surface area (Å²) in [6.07, 6.45) is 0.628. The third-order valence-corrected chi connectivity index (χ3v) is 4.25. The monoisotopic (exact) mass is 297 g/mol. The van der Waals surface area contributed by atoms with E-state index < -0.39 is 4.92 Å². The molecule has 0 radical (unpaired) electrons. The summed E-state index contributed by atoms with van der Waals surface area (Å²) in [6.45, 7) is 0. The van der Waals surface area contributed by atoms with Gasteiger partial charge in [-0.1, -0.05) is 12.1 Å². The molecule has 1 unspecified atom stereocenters. The van der Waals surface area contributed by atoms with Crippen molar-refractivity contribution in [1.29, 1.82) is 0 Å². The molecule has 0 bridgehead atoms. The lowest BCUT2D eigenvalue weighted by molar-refractivity contribution is -0.384. The molecule has 0 saturated carbocycles. The standard InChI is InChI=1S/C13H12ClNO3S/c1-18-11-7-13(19-8-11)12(14)6-9-2-4-10(5-3-9)15(16)17/h2-5,7-8,12H,6H2,1H3. The summed E-state index contributed by atoms with van der Waals surface area (Å²) < 4.78 is 5.11. The van der Waals surface area contributed by atoms with Crippen LogP contribution in [0.15, 0.2) is 35.7 Å². The fraction of sp³-hybridized carbons (Fsp3) is 0.231. The topological polar surface area (TPSA) is 52.4 Å². The molecule has 0 aliphatic rings. The summed E-state index contributed by atoms with van der Waals surface area (Å²) in [4.78, 5) is 11.2. The number of alkyl halides is 1. The number of hydrogen-bond acceptors (Lipinski definition) is 4. The Morgan fingerprint density at radius 1 is 1.42 bits per heavy atom. The Bertz CT molecular complexity index is 568. The average Bonchev–Trinajstić information content (AvgIpc) is 2.88. The van der Waals surface area contributed by atoms with E-state index in [0.717, 1.165) is 16.2 Å². The Labute approximate surface area is 119 Å². The molecule has 0 amide bonds. The second kappa shape index (κ2) is 6.04. The molecule has 0 saturated heterocycles. The maximum absolute atomic E-state index is 10.6. The molecule has 1 aromatic carbocycles. The quantitative estimate of drug-likeness (QED) is 0.472. The highest BCUT2D eigenvalue weighted by atomic mass is 35.5. The molecule has 0 aliphatic carbocycles. The summed E-state index contributed by atoms with van der Waals surface area (Å²) in [5, 5.41) is 12.3. The molecule has 2 aromatic rings. The van der Waals surface area contributed by atoms with Crippen molar-refractivity contribution in [3.8, 4) is 5.75 Å². The average molecular weight is 298 g/mol. The van der Waals surface area contributed by atoms with Crippen molar-refractivity contribution >= 4 is 28.6 Å². The van der Waals surface area contributed by atoms with Crippen molar-refractivity contribution in [3.63, 3.8) is 0 Å². The molecule has 0 aliphatic heterocycles. The first-order valence-corrected chi connectivity index (χ1v) is 6.91. The minimum atomic E-state index is -0.411. The molecule has 1 aromatic heterocycles. The first kappa shape index (κ1) is 13.8. The van der Waals surface area contributed by atoms with Gasteiger partial charge in [-0.3, -0.25) is 10.1 Å². The smallest absolute Gasteiger partial charge is 0.269 e. The van der Waals surface area contributed by atoms with Gasteiger partial charge in [-0.15, -0.1) is 22.9 Å². The van der Waals surface area contributed by atoms with Crippen LogP contribution in [0.2, 0.25) is 0 Å². The van der Waals surface area contributed by atoms with Crippen LogP contribution >= 0.6 is 22.9 Å². The maximum atomic E-state index is 10.6. The van der Waals surface area contributed by atoms with Gasteiger partial charge < -0.3 is 4.74 Å². The lowest BCUT2D eigenvalue weighted by Crippen LogP contribution is -1.94. The van der Waals surface area contributed by atoms with Crippen molar-refractivity contribution in [2.75, 3.05) is 7.11 Å². The van der Waals surface area contributed by atoms with E-state index in [2.05, 4.69) is 0 Å². The minimum Gasteiger partial charge on any atom is -0.496 e. The van der Waals surface area contributed by atoms with E-state index >= 15 is 0 Å². The predicted molar refractivity (Wildman–Crippen MR) is 76.3 cm³/mol. The van der Waals surface area contributed by atoms with E-state index in [1.54, 1.807) is 30.6 Å². The third kappa shape index (κ3) is 3.45. The molecule has 0 fully saturated rings. The number of benzene rings is 1. The van der Waals surface area contributed by atoms with Gasteiger partial charge in [-0.25, -0.2) is 0 Å². The number of thiophene rings is 1. The molecule has 0 N–H and O–H groups in total. The number of nitro groups is 1. The van der Waals surface area contributed by atoms with Crippen LogP contribution < -0.4 is 4.74 Å². The van der Waals surface area contributed by atoms with Crippen molar-refractivity contribution in [2.45, 2.75) is 11.8 Å². The van der Waals surface area contributed by atoms with E-state index in [4.69, 9.17) is 16.3 Å². The van der Waals surface area contributed by atoms with Gasteiger partial charge in [-0.05, 0) is 18.1 Å². The number of ether oxygens (including phenoxy) is 1. The second-order valence-electron chi connectivity index (χ2n) is 3.98. The Kier molecular flexibility index (Phi) is 4.39. The van der Waals surface area contributed by atoms with Crippen molar-refractivity contribution in [2.24, 2.45) is 0 Å². The summed E-state index contributed by atoms with van der Waals surface area (Å²) >= 11 is 7.88. The molecule has 6 heteroatoms. The van der Waals surface area contributed by atoms with Gasteiger partial charge in [-0.2, -0.15) is 0 Å². The number of hydrogen-bond donors (Lipinski definition) is 0. The molecule has 1 atom stereocenters. The van der Waals surface area contributed by atoms with Crippen LogP contribution in [0.5, 0.6) is 5.75 Å². The summed E-state index contributed by atoms with van der Waals surface area (Å²) in [5.74, 6) is 0.800. The van der Waals surface area contributed by atoms with Crippen molar-refractivity contribution in [1.82, 2.24) is 0 Å². The lowest BCUT2D eigenvalue weighted by Gasteiger charge is -2.06. The van der Waals surface area contributed by atoms with Crippen LogP contribution in [0, 0.1) is 10.1 Å². The zero-order chi connectivity index (χ0) is 13.8. The molecule has 2 rings (SSSR count). The normalized spacial score (nSPS) is 12.1. The third-order valence-electron chi connectivity index (χ3n) is 2.70. The Morgan fingerprint density at radius 2 is 2.11 bits per heavy atom. The highest BCUT2D eigenvalue weighted by Crippen LogP contribution is 2.33. The first-order valence-electron chi connectivity index (χ1n) is 5.60. The molecule has 1 heterocycles. The van der Waals surface area contributed by atoms with E-state index in [1.807, 2.05) is 11.4 Å². The van der Waals surface area contributed by atoms with E-state index in [-0.39, 0.29) is 11.1 Å². The van der Waals surface area contributed by atoms with Crippen molar-refractivity contribution < 1.29 is 9.66 Å². The summed E-state index contributed by atoms with van der Waals surface area (Å²) in [7, 11) is 1.62. The van der Waals surface area contributed by atoms with Crippen LogP contribution in [0.1, 0.15) is 15.8 Å². The van der Waals surface area contributed by atoms with Crippen LogP contribution in [0.3, 0.4) is 0 Å². The fourth-order valence-electron chi connectivity index (χ4n) is 1.67. The largest absolute Gasteiger partial charge is 0.496 e. The zero-order valence-electron chi connectivity index (χ0n) is 10.2. The summed E-state index contributed by atoms with van der Waals surface area (Å²) in [5.41, 5.74) is 1.06. The van der Waals surface area contributed by atoms with Gasteiger partial charge in [0.15, 0.2) is 0 Å².